The summed E-state index contributed by atoms with van der Waals surface area (Å²) < 4.78 is 0. The molecule has 0 aliphatic carbocycles. The molecule has 0 radical (unpaired) electrons. The summed E-state index contributed by atoms with van der Waals surface area (Å²) in [5.41, 5.74) is 2.25. The minimum absolute atomic E-state index is 0.115. The van der Waals surface area contributed by atoms with Crippen molar-refractivity contribution in [3.05, 3.63) is 35.4 Å². The lowest BCUT2D eigenvalue weighted by Crippen LogP contribution is -2.41. The standard InChI is InChI=1S/C19H27N3O2/c1-21-10-2-4-17(14-21)19(24)20-12-15-6-8-16(9-7-15)13-22-11-3-5-18(22)23/h6-9,17H,2-5,10-14H2,1H3,(H,20,24)/t17-/m1/s1. The smallest absolute Gasteiger partial charge is 0.224 e. The van der Waals surface area contributed by atoms with Gasteiger partial charge in [0.1, 0.15) is 0 Å². The summed E-state index contributed by atoms with van der Waals surface area (Å²) in [6.45, 7) is 4.08. The van der Waals surface area contributed by atoms with E-state index in [9.17, 15) is 9.59 Å². The summed E-state index contributed by atoms with van der Waals surface area (Å²) in [7, 11) is 2.07. The van der Waals surface area contributed by atoms with Crippen LogP contribution in [0.3, 0.4) is 0 Å². The molecule has 2 heterocycles. The van der Waals surface area contributed by atoms with Crippen LogP contribution in [0.5, 0.6) is 0 Å². The maximum atomic E-state index is 12.3. The number of hydrogen-bond donors (Lipinski definition) is 1. The third-order valence-corrected chi connectivity index (χ3v) is 5.03. The Morgan fingerprint density at radius 3 is 2.58 bits per heavy atom. The molecule has 3 rings (SSSR count). The van der Waals surface area contributed by atoms with Crippen LogP contribution in [0.2, 0.25) is 0 Å². The van der Waals surface area contributed by atoms with E-state index in [1.54, 1.807) is 0 Å². The molecule has 2 aliphatic heterocycles. The first-order valence-electron chi connectivity index (χ1n) is 8.93. The molecule has 0 saturated carbocycles. The predicted octanol–water partition coefficient (Wildman–Crippen LogP) is 1.77. The van der Waals surface area contributed by atoms with Crippen molar-refractivity contribution in [1.29, 1.82) is 0 Å². The molecule has 2 amide bonds. The van der Waals surface area contributed by atoms with Crippen molar-refractivity contribution in [1.82, 2.24) is 15.1 Å². The van der Waals surface area contributed by atoms with Crippen LogP contribution in [-0.4, -0.2) is 48.3 Å². The molecule has 0 bridgehead atoms. The lowest BCUT2D eigenvalue weighted by molar-refractivity contribution is -0.128. The van der Waals surface area contributed by atoms with E-state index in [1.165, 1.54) is 0 Å². The van der Waals surface area contributed by atoms with Crippen LogP contribution >= 0.6 is 0 Å². The van der Waals surface area contributed by atoms with Crippen LogP contribution in [0, 0.1) is 5.92 Å². The fourth-order valence-corrected chi connectivity index (χ4v) is 3.57. The van der Waals surface area contributed by atoms with Gasteiger partial charge in [-0.25, -0.2) is 0 Å². The number of rotatable bonds is 5. The number of nitrogens with zero attached hydrogens (tertiary/aromatic N) is 2. The molecule has 1 N–H and O–H groups in total. The first-order chi connectivity index (χ1) is 11.6. The summed E-state index contributed by atoms with van der Waals surface area (Å²) >= 11 is 0. The van der Waals surface area contributed by atoms with Crippen molar-refractivity contribution < 1.29 is 9.59 Å². The molecule has 1 aromatic rings. The fourth-order valence-electron chi connectivity index (χ4n) is 3.57. The van der Waals surface area contributed by atoms with Crippen molar-refractivity contribution in [2.75, 3.05) is 26.7 Å². The molecular weight excluding hydrogens is 302 g/mol. The normalized spacial score (nSPS) is 22.0. The topological polar surface area (TPSA) is 52.7 Å². The summed E-state index contributed by atoms with van der Waals surface area (Å²) in [6.07, 6.45) is 3.73. The zero-order valence-electron chi connectivity index (χ0n) is 14.5. The highest BCUT2D eigenvalue weighted by Crippen LogP contribution is 2.16. The third-order valence-electron chi connectivity index (χ3n) is 5.03. The highest BCUT2D eigenvalue weighted by atomic mass is 16.2. The van der Waals surface area contributed by atoms with Crippen LogP contribution in [0.15, 0.2) is 24.3 Å². The molecular formula is C19H27N3O2. The number of carbonyl (C=O) groups excluding carboxylic acids is 2. The number of carbonyl (C=O) groups is 2. The Balaban J connectivity index is 1.47. The predicted molar refractivity (Wildman–Crippen MR) is 93.2 cm³/mol. The number of hydrogen-bond acceptors (Lipinski definition) is 3. The Bertz CT molecular complexity index is 585. The molecule has 1 aromatic carbocycles. The molecule has 24 heavy (non-hydrogen) atoms. The van der Waals surface area contributed by atoms with Gasteiger partial charge in [-0.1, -0.05) is 24.3 Å². The van der Waals surface area contributed by atoms with Gasteiger partial charge in [0.2, 0.25) is 11.8 Å². The molecule has 0 aromatic heterocycles. The van der Waals surface area contributed by atoms with Crippen LogP contribution in [0.4, 0.5) is 0 Å². The van der Waals surface area contributed by atoms with Crippen molar-refractivity contribution in [3.63, 3.8) is 0 Å². The Morgan fingerprint density at radius 1 is 1.17 bits per heavy atom. The number of piperidine rings is 1. The summed E-state index contributed by atoms with van der Waals surface area (Å²) in [5, 5.41) is 3.06. The Morgan fingerprint density at radius 2 is 1.92 bits per heavy atom. The molecule has 130 valence electrons. The second kappa shape index (κ2) is 7.79. The van der Waals surface area contributed by atoms with E-state index < -0.39 is 0 Å². The van der Waals surface area contributed by atoms with Gasteiger partial charge in [-0.15, -0.1) is 0 Å². The van der Waals surface area contributed by atoms with Gasteiger partial charge in [-0.05, 0) is 44.0 Å². The SMILES string of the molecule is CN1CCC[C@@H](C(=O)NCc2ccc(CN3CCCC3=O)cc2)C1. The van der Waals surface area contributed by atoms with Crippen molar-refractivity contribution in [3.8, 4) is 0 Å². The molecule has 0 spiro atoms. The van der Waals surface area contributed by atoms with Gasteiger partial charge in [0, 0.05) is 32.6 Å². The minimum Gasteiger partial charge on any atom is -0.352 e. The highest BCUT2D eigenvalue weighted by molar-refractivity contribution is 5.79. The first-order valence-corrected chi connectivity index (χ1v) is 8.93. The lowest BCUT2D eigenvalue weighted by Gasteiger charge is -2.28. The number of benzene rings is 1. The zero-order valence-corrected chi connectivity index (χ0v) is 14.5. The Kier molecular flexibility index (Phi) is 5.51. The highest BCUT2D eigenvalue weighted by Gasteiger charge is 2.23. The summed E-state index contributed by atoms with van der Waals surface area (Å²) in [5.74, 6) is 0.529. The van der Waals surface area contributed by atoms with E-state index in [0.29, 0.717) is 19.5 Å². The molecule has 2 fully saturated rings. The Hall–Kier alpha value is -1.88. The van der Waals surface area contributed by atoms with E-state index in [-0.39, 0.29) is 17.7 Å². The molecule has 0 unspecified atom stereocenters. The van der Waals surface area contributed by atoms with Crippen molar-refractivity contribution in [2.24, 2.45) is 5.92 Å². The molecule has 5 nitrogen and oxygen atoms in total. The second-order valence-corrected chi connectivity index (χ2v) is 7.05. The van der Waals surface area contributed by atoms with Crippen LogP contribution < -0.4 is 5.32 Å². The zero-order chi connectivity index (χ0) is 16.9. The van der Waals surface area contributed by atoms with E-state index in [4.69, 9.17) is 0 Å². The maximum absolute atomic E-state index is 12.3. The van der Waals surface area contributed by atoms with Crippen LogP contribution in [0.1, 0.15) is 36.8 Å². The third kappa shape index (κ3) is 4.35. The monoisotopic (exact) mass is 329 g/mol. The number of amides is 2. The van der Waals surface area contributed by atoms with Gasteiger partial charge in [-0.3, -0.25) is 9.59 Å². The van der Waals surface area contributed by atoms with Gasteiger partial charge >= 0.3 is 0 Å². The van der Waals surface area contributed by atoms with E-state index in [2.05, 4.69) is 29.4 Å². The van der Waals surface area contributed by atoms with Crippen molar-refractivity contribution >= 4 is 11.8 Å². The second-order valence-electron chi connectivity index (χ2n) is 7.05. The molecule has 5 heteroatoms. The quantitative estimate of drug-likeness (QED) is 0.896. The minimum atomic E-state index is 0.115. The van der Waals surface area contributed by atoms with Crippen LogP contribution in [-0.2, 0) is 22.7 Å². The van der Waals surface area contributed by atoms with Gasteiger partial charge < -0.3 is 15.1 Å². The average molecular weight is 329 g/mol. The number of nitrogens with one attached hydrogen (secondary N) is 1. The number of likely N-dealkylation sites (tertiary alicyclic amines) is 2. The van der Waals surface area contributed by atoms with Gasteiger partial charge in [0.15, 0.2) is 0 Å². The summed E-state index contributed by atoms with van der Waals surface area (Å²) in [6, 6.07) is 8.20. The van der Waals surface area contributed by atoms with Crippen LogP contribution in [0.25, 0.3) is 0 Å². The van der Waals surface area contributed by atoms with E-state index in [1.807, 2.05) is 17.0 Å². The maximum Gasteiger partial charge on any atom is 0.224 e. The molecule has 1 atom stereocenters. The van der Waals surface area contributed by atoms with Gasteiger partial charge in [0.05, 0.1) is 5.92 Å². The van der Waals surface area contributed by atoms with E-state index >= 15 is 0 Å². The molecule has 2 saturated heterocycles. The Labute approximate surface area is 144 Å². The molecule has 2 aliphatic rings. The fraction of sp³-hybridized carbons (Fsp3) is 0.579. The van der Waals surface area contributed by atoms with Crippen molar-refractivity contribution in [2.45, 2.75) is 38.8 Å². The average Bonchev–Trinajstić information content (AvgIpc) is 2.99. The van der Waals surface area contributed by atoms with E-state index in [0.717, 1.165) is 50.0 Å². The van der Waals surface area contributed by atoms with Gasteiger partial charge in [-0.2, -0.15) is 0 Å². The first kappa shape index (κ1) is 17.0. The van der Waals surface area contributed by atoms with Gasteiger partial charge in [0.25, 0.3) is 0 Å². The summed E-state index contributed by atoms with van der Waals surface area (Å²) in [4.78, 5) is 28.1. The largest absolute Gasteiger partial charge is 0.352 e. The lowest BCUT2D eigenvalue weighted by atomic mass is 9.97.